The Kier molecular flexibility index (Phi) is 5.12. The quantitative estimate of drug-likeness (QED) is 0.509. The number of rotatable bonds is 3. The summed E-state index contributed by atoms with van der Waals surface area (Å²) in [4.78, 5) is 23.0. The molecule has 0 aliphatic carbocycles. The monoisotopic (exact) mass is 501 g/mol. The van der Waals surface area contributed by atoms with Gasteiger partial charge in [-0.15, -0.1) is 0 Å². The zero-order chi connectivity index (χ0) is 14.0. The highest BCUT2D eigenvalue weighted by Gasteiger charge is 2.25. The van der Waals surface area contributed by atoms with E-state index >= 15 is 0 Å². The number of ether oxygens (including phenoxy) is 1. The van der Waals surface area contributed by atoms with Crippen molar-refractivity contribution in [1.29, 1.82) is 0 Å². The van der Waals surface area contributed by atoms with E-state index in [1.807, 2.05) is 19.1 Å². The molecule has 0 radical (unpaired) electrons. The molecule has 1 aromatic rings. The minimum atomic E-state index is -0.339. The summed E-state index contributed by atoms with van der Waals surface area (Å²) in [6, 6.07) is 3.86. The number of hydrogen-bond donors (Lipinski definition) is 1. The van der Waals surface area contributed by atoms with Crippen LogP contribution in [0.5, 0.6) is 5.75 Å². The number of imide groups is 1. The van der Waals surface area contributed by atoms with Gasteiger partial charge in [-0.2, -0.15) is 0 Å². The van der Waals surface area contributed by atoms with Gasteiger partial charge < -0.3 is 4.74 Å². The van der Waals surface area contributed by atoms with E-state index in [4.69, 9.17) is 4.74 Å². The molecular formula is C12H9I2NO3S. The lowest BCUT2D eigenvalue weighted by Gasteiger charge is -2.09. The molecule has 0 aromatic heterocycles. The van der Waals surface area contributed by atoms with Crippen molar-refractivity contribution < 1.29 is 14.3 Å². The van der Waals surface area contributed by atoms with Crippen molar-refractivity contribution in [3.05, 3.63) is 29.7 Å². The predicted molar refractivity (Wildman–Crippen MR) is 92.2 cm³/mol. The van der Waals surface area contributed by atoms with E-state index < -0.39 is 0 Å². The van der Waals surface area contributed by atoms with E-state index in [9.17, 15) is 9.59 Å². The number of nitrogens with one attached hydrogen (secondary N) is 1. The summed E-state index contributed by atoms with van der Waals surface area (Å²) in [5.41, 5.74) is 0.879. The molecule has 7 heteroatoms. The maximum absolute atomic E-state index is 11.5. The number of amides is 2. The predicted octanol–water partition coefficient (Wildman–Crippen LogP) is 3.62. The Bertz CT molecular complexity index is 563. The first-order valence-corrected chi connectivity index (χ1v) is 8.35. The highest BCUT2D eigenvalue weighted by molar-refractivity contribution is 14.1. The summed E-state index contributed by atoms with van der Waals surface area (Å²) >= 11 is 5.32. The smallest absolute Gasteiger partial charge is 0.290 e. The fraction of sp³-hybridized carbons (Fsp3) is 0.167. The molecule has 2 amide bonds. The number of carbonyl (C=O) groups excluding carboxylic acids is 2. The van der Waals surface area contributed by atoms with Gasteiger partial charge >= 0.3 is 0 Å². The molecule has 1 heterocycles. The fourth-order valence-electron chi connectivity index (χ4n) is 1.52. The minimum absolute atomic E-state index is 0.327. The minimum Gasteiger partial charge on any atom is -0.492 e. The van der Waals surface area contributed by atoms with Crippen LogP contribution in [0.1, 0.15) is 12.5 Å². The third-order valence-electron chi connectivity index (χ3n) is 2.25. The van der Waals surface area contributed by atoms with Crippen LogP contribution in [-0.2, 0) is 4.79 Å². The maximum Gasteiger partial charge on any atom is 0.290 e. The molecule has 1 fully saturated rings. The lowest BCUT2D eigenvalue weighted by molar-refractivity contribution is -0.115. The summed E-state index contributed by atoms with van der Waals surface area (Å²) in [5, 5.41) is 1.91. The standard InChI is InChI=1S/C12H9I2NO3S/c1-2-18-10-7(13)3-6(4-8(10)14)5-9-11(16)15-12(17)19-9/h3-5H,2H2,1H3,(H,15,16,17). The summed E-state index contributed by atoms with van der Waals surface area (Å²) in [5.74, 6) is 0.513. The van der Waals surface area contributed by atoms with Gasteiger partial charge in [0.2, 0.25) is 0 Å². The topological polar surface area (TPSA) is 55.4 Å². The van der Waals surface area contributed by atoms with Gasteiger partial charge in [-0.1, -0.05) is 0 Å². The molecule has 4 nitrogen and oxygen atoms in total. The number of thioether (sulfide) groups is 1. The maximum atomic E-state index is 11.5. The average Bonchev–Trinajstić information content (AvgIpc) is 2.62. The molecule has 1 N–H and O–H groups in total. The van der Waals surface area contributed by atoms with Crippen LogP contribution in [0, 0.1) is 7.14 Å². The molecule has 100 valence electrons. The van der Waals surface area contributed by atoms with Crippen LogP contribution in [0.15, 0.2) is 17.0 Å². The van der Waals surface area contributed by atoms with Gasteiger partial charge in [-0.25, -0.2) is 0 Å². The highest BCUT2D eigenvalue weighted by atomic mass is 127. The molecular weight excluding hydrogens is 492 g/mol. The Labute approximate surface area is 142 Å². The summed E-state index contributed by atoms with van der Waals surface area (Å²) in [6.07, 6.45) is 1.71. The van der Waals surface area contributed by atoms with E-state index in [2.05, 4.69) is 50.5 Å². The zero-order valence-corrected chi connectivity index (χ0v) is 15.0. The molecule has 1 aliphatic heterocycles. The molecule has 0 atom stereocenters. The fourth-order valence-corrected chi connectivity index (χ4v) is 4.33. The van der Waals surface area contributed by atoms with Crippen LogP contribution in [0.3, 0.4) is 0 Å². The summed E-state index contributed by atoms with van der Waals surface area (Å²) in [6.45, 7) is 2.55. The number of benzene rings is 1. The van der Waals surface area contributed by atoms with Gasteiger partial charge in [0.25, 0.3) is 11.1 Å². The Morgan fingerprint density at radius 3 is 2.42 bits per heavy atom. The Hall–Kier alpha value is -0.290. The van der Waals surface area contributed by atoms with Crippen molar-refractivity contribution in [3.8, 4) is 5.75 Å². The Morgan fingerprint density at radius 2 is 1.95 bits per heavy atom. The van der Waals surface area contributed by atoms with Crippen molar-refractivity contribution in [2.24, 2.45) is 0 Å². The molecule has 1 aliphatic rings. The van der Waals surface area contributed by atoms with Crippen LogP contribution >= 0.6 is 56.9 Å². The lowest BCUT2D eigenvalue weighted by atomic mass is 10.2. The van der Waals surface area contributed by atoms with E-state index in [0.717, 1.165) is 30.2 Å². The molecule has 0 saturated carbocycles. The Balaban J connectivity index is 2.35. The molecule has 0 bridgehead atoms. The van der Waals surface area contributed by atoms with Gasteiger partial charge in [0, 0.05) is 0 Å². The first-order chi connectivity index (χ1) is 9.01. The van der Waals surface area contributed by atoms with Crippen molar-refractivity contribution in [2.75, 3.05) is 6.61 Å². The largest absolute Gasteiger partial charge is 0.492 e. The summed E-state index contributed by atoms with van der Waals surface area (Å²) < 4.78 is 7.52. The number of hydrogen-bond acceptors (Lipinski definition) is 4. The second-order valence-electron chi connectivity index (χ2n) is 3.60. The van der Waals surface area contributed by atoms with Gasteiger partial charge in [0.05, 0.1) is 18.7 Å². The van der Waals surface area contributed by atoms with Crippen LogP contribution in [0.2, 0.25) is 0 Å². The number of halogens is 2. The molecule has 19 heavy (non-hydrogen) atoms. The van der Waals surface area contributed by atoms with Crippen LogP contribution in [0.4, 0.5) is 4.79 Å². The molecule has 1 saturated heterocycles. The highest BCUT2D eigenvalue weighted by Crippen LogP contribution is 2.31. The third-order valence-corrected chi connectivity index (χ3v) is 4.66. The first-order valence-electron chi connectivity index (χ1n) is 5.38. The van der Waals surface area contributed by atoms with Gasteiger partial charge in [-0.05, 0) is 87.6 Å². The van der Waals surface area contributed by atoms with Crippen molar-refractivity contribution >= 4 is 74.2 Å². The van der Waals surface area contributed by atoms with E-state index in [1.165, 1.54) is 0 Å². The van der Waals surface area contributed by atoms with Crippen LogP contribution in [-0.4, -0.2) is 17.8 Å². The van der Waals surface area contributed by atoms with Crippen LogP contribution < -0.4 is 10.1 Å². The van der Waals surface area contributed by atoms with Crippen molar-refractivity contribution in [2.45, 2.75) is 6.92 Å². The zero-order valence-electron chi connectivity index (χ0n) is 9.83. The molecule has 1 aromatic carbocycles. The third kappa shape index (κ3) is 3.63. The lowest BCUT2D eigenvalue weighted by Crippen LogP contribution is -2.17. The molecule has 0 spiro atoms. The average molecular weight is 501 g/mol. The molecule has 2 rings (SSSR count). The van der Waals surface area contributed by atoms with E-state index in [-0.39, 0.29) is 11.1 Å². The number of carbonyl (C=O) groups is 2. The summed E-state index contributed by atoms with van der Waals surface area (Å²) in [7, 11) is 0. The van der Waals surface area contributed by atoms with Crippen molar-refractivity contribution in [3.63, 3.8) is 0 Å². The first kappa shape index (κ1) is 15.1. The van der Waals surface area contributed by atoms with Gasteiger partial charge in [0.1, 0.15) is 5.75 Å². The van der Waals surface area contributed by atoms with E-state index in [1.54, 1.807) is 6.08 Å². The molecule has 0 unspecified atom stereocenters. The van der Waals surface area contributed by atoms with Crippen molar-refractivity contribution in [1.82, 2.24) is 5.32 Å². The van der Waals surface area contributed by atoms with E-state index in [0.29, 0.717) is 11.5 Å². The normalized spacial score (nSPS) is 16.9. The van der Waals surface area contributed by atoms with Crippen LogP contribution in [0.25, 0.3) is 6.08 Å². The van der Waals surface area contributed by atoms with Gasteiger partial charge in [-0.3, -0.25) is 14.9 Å². The second kappa shape index (κ2) is 6.44. The SMILES string of the molecule is CCOc1c(I)cc(C=C2SC(=O)NC2=O)cc1I. The Morgan fingerprint density at radius 1 is 1.32 bits per heavy atom. The second-order valence-corrected chi connectivity index (χ2v) is 6.94. The van der Waals surface area contributed by atoms with Gasteiger partial charge in [0.15, 0.2) is 0 Å².